The van der Waals surface area contributed by atoms with E-state index in [0.717, 1.165) is 28.1 Å². The highest BCUT2D eigenvalue weighted by Gasteiger charge is 2.41. The quantitative estimate of drug-likeness (QED) is 0.564. The summed E-state index contributed by atoms with van der Waals surface area (Å²) in [6, 6.07) is 22.9. The average Bonchev–Trinajstić information content (AvgIpc) is 2.76. The molecule has 1 aliphatic rings. The summed E-state index contributed by atoms with van der Waals surface area (Å²) < 4.78 is 0. The number of carbonyl (C=O) groups excluding carboxylic acids is 2. The van der Waals surface area contributed by atoms with Crippen molar-refractivity contribution in [3.8, 4) is 0 Å². The maximum absolute atomic E-state index is 13.8. The first-order valence-corrected chi connectivity index (χ1v) is 10.7. The summed E-state index contributed by atoms with van der Waals surface area (Å²) in [5.74, 6) is 0.207. The van der Waals surface area contributed by atoms with E-state index < -0.39 is 6.04 Å². The maximum atomic E-state index is 13.8. The van der Waals surface area contributed by atoms with E-state index >= 15 is 0 Å². The number of aryl methyl sites for hydroxylation is 2. The van der Waals surface area contributed by atoms with Gasteiger partial charge in [-0.25, -0.2) is 0 Å². The highest BCUT2D eigenvalue weighted by atomic mass is 16.2. The van der Waals surface area contributed by atoms with E-state index in [4.69, 9.17) is 0 Å². The fourth-order valence-corrected chi connectivity index (χ4v) is 3.99. The standard InChI is InChI=1S/C27H28N2O2/c1-18(2)21-9-11-22(12-10-21)26-27(31)28(23-13-5-19(3)6-14-23)17-25(30)29(26)24-15-7-20(4)8-16-24/h5-16,18,26H,17H2,1-4H3/t26-/m0/s1. The van der Waals surface area contributed by atoms with E-state index in [1.165, 1.54) is 5.56 Å². The third kappa shape index (κ3) is 4.11. The molecule has 3 aromatic carbocycles. The van der Waals surface area contributed by atoms with Crippen LogP contribution in [0.5, 0.6) is 0 Å². The Kier molecular flexibility index (Phi) is 5.64. The normalized spacial score (nSPS) is 16.9. The number of hydrogen-bond donors (Lipinski definition) is 0. The third-order valence-electron chi connectivity index (χ3n) is 5.90. The summed E-state index contributed by atoms with van der Waals surface area (Å²) in [7, 11) is 0. The van der Waals surface area contributed by atoms with Crippen LogP contribution in [0.1, 0.15) is 48.1 Å². The third-order valence-corrected chi connectivity index (χ3v) is 5.90. The summed E-state index contributed by atoms with van der Waals surface area (Å²) >= 11 is 0. The van der Waals surface area contributed by atoms with Crippen LogP contribution in [0.15, 0.2) is 72.8 Å². The number of carbonyl (C=O) groups is 2. The average molecular weight is 413 g/mol. The van der Waals surface area contributed by atoms with E-state index in [2.05, 4.69) is 26.0 Å². The summed E-state index contributed by atoms with van der Waals surface area (Å²) in [4.78, 5) is 30.4. The molecular formula is C27H28N2O2. The highest BCUT2D eigenvalue weighted by molar-refractivity contribution is 6.14. The van der Waals surface area contributed by atoms with Crippen LogP contribution in [0.25, 0.3) is 0 Å². The van der Waals surface area contributed by atoms with Gasteiger partial charge in [-0.05, 0) is 55.2 Å². The van der Waals surface area contributed by atoms with Gasteiger partial charge in [-0.3, -0.25) is 14.5 Å². The van der Waals surface area contributed by atoms with Crippen LogP contribution in [0, 0.1) is 13.8 Å². The number of rotatable bonds is 4. The van der Waals surface area contributed by atoms with Crippen molar-refractivity contribution in [2.45, 2.75) is 39.7 Å². The van der Waals surface area contributed by atoms with Gasteiger partial charge in [-0.1, -0.05) is 73.5 Å². The van der Waals surface area contributed by atoms with Crippen LogP contribution < -0.4 is 9.80 Å². The van der Waals surface area contributed by atoms with Crippen molar-refractivity contribution in [2.75, 3.05) is 16.3 Å². The van der Waals surface area contributed by atoms with Gasteiger partial charge in [0.15, 0.2) is 0 Å². The van der Waals surface area contributed by atoms with Gasteiger partial charge in [0.25, 0.3) is 5.91 Å². The van der Waals surface area contributed by atoms with Crippen LogP contribution in [0.3, 0.4) is 0 Å². The first-order valence-electron chi connectivity index (χ1n) is 10.7. The minimum Gasteiger partial charge on any atom is -0.301 e. The van der Waals surface area contributed by atoms with Crippen molar-refractivity contribution in [3.63, 3.8) is 0 Å². The topological polar surface area (TPSA) is 40.6 Å². The first-order chi connectivity index (χ1) is 14.8. The van der Waals surface area contributed by atoms with Crippen molar-refractivity contribution in [1.82, 2.24) is 0 Å². The van der Waals surface area contributed by atoms with Crippen LogP contribution >= 0.6 is 0 Å². The van der Waals surface area contributed by atoms with Gasteiger partial charge in [0.2, 0.25) is 5.91 Å². The van der Waals surface area contributed by atoms with Gasteiger partial charge < -0.3 is 4.90 Å². The second-order valence-electron chi connectivity index (χ2n) is 8.58. The Balaban J connectivity index is 1.79. The van der Waals surface area contributed by atoms with Gasteiger partial charge >= 0.3 is 0 Å². The Bertz CT molecular complexity index is 1080. The molecule has 0 aliphatic carbocycles. The molecule has 4 heteroatoms. The molecule has 3 aromatic rings. The molecule has 0 bridgehead atoms. The second-order valence-corrected chi connectivity index (χ2v) is 8.58. The number of amides is 2. The minimum atomic E-state index is -0.702. The van der Waals surface area contributed by atoms with E-state index in [0.29, 0.717) is 5.92 Å². The maximum Gasteiger partial charge on any atom is 0.255 e. The molecule has 1 aliphatic heterocycles. The van der Waals surface area contributed by atoms with Gasteiger partial charge in [0.05, 0.1) is 0 Å². The van der Waals surface area contributed by atoms with Crippen molar-refractivity contribution in [3.05, 3.63) is 95.1 Å². The van der Waals surface area contributed by atoms with Gasteiger partial charge in [-0.15, -0.1) is 0 Å². The number of nitrogens with zero attached hydrogens (tertiary/aromatic N) is 2. The smallest absolute Gasteiger partial charge is 0.255 e. The summed E-state index contributed by atoms with van der Waals surface area (Å²) in [6.07, 6.45) is 0. The van der Waals surface area contributed by atoms with Gasteiger partial charge in [0.1, 0.15) is 12.6 Å². The van der Waals surface area contributed by atoms with Crippen LogP contribution in [-0.4, -0.2) is 18.4 Å². The molecule has 31 heavy (non-hydrogen) atoms. The molecule has 2 amide bonds. The van der Waals surface area contributed by atoms with Crippen molar-refractivity contribution < 1.29 is 9.59 Å². The Labute approximate surface area is 184 Å². The predicted octanol–water partition coefficient (Wildman–Crippen LogP) is 5.55. The van der Waals surface area contributed by atoms with Crippen molar-refractivity contribution >= 4 is 23.2 Å². The zero-order valence-corrected chi connectivity index (χ0v) is 18.5. The van der Waals surface area contributed by atoms with E-state index in [-0.39, 0.29) is 18.4 Å². The monoisotopic (exact) mass is 412 g/mol. The number of benzene rings is 3. The molecular weight excluding hydrogens is 384 g/mol. The number of hydrogen-bond acceptors (Lipinski definition) is 2. The molecule has 0 unspecified atom stereocenters. The summed E-state index contributed by atoms with van der Waals surface area (Å²) in [6.45, 7) is 8.32. The van der Waals surface area contributed by atoms with Crippen LogP contribution in [0.2, 0.25) is 0 Å². The molecule has 0 N–H and O–H groups in total. The fraction of sp³-hybridized carbons (Fsp3) is 0.259. The summed E-state index contributed by atoms with van der Waals surface area (Å²) in [5, 5.41) is 0. The molecule has 1 fully saturated rings. The Morgan fingerprint density at radius 3 is 1.77 bits per heavy atom. The number of anilines is 2. The van der Waals surface area contributed by atoms with E-state index in [1.807, 2.05) is 74.5 Å². The van der Waals surface area contributed by atoms with E-state index in [9.17, 15) is 9.59 Å². The SMILES string of the molecule is Cc1ccc(N2CC(=O)N(c3ccc(C)cc3)[C@@H](c3ccc(C(C)C)cc3)C2=O)cc1. The lowest BCUT2D eigenvalue weighted by Crippen LogP contribution is -2.56. The lowest BCUT2D eigenvalue weighted by atomic mass is 9.95. The van der Waals surface area contributed by atoms with Crippen LogP contribution in [0.4, 0.5) is 11.4 Å². The highest BCUT2D eigenvalue weighted by Crippen LogP contribution is 2.35. The van der Waals surface area contributed by atoms with Gasteiger partial charge in [-0.2, -0.15) is 0 Å². The zero-order chi connectivity index (χ0) is 22.1. The minimum absolute atomic E-state index is 0.0242. The first kappa shape index (κ1) is 20.9. The lowest BCUT2D eigenvalue weighted by Gasteiger charge is -2.40. The fourth-order valence-electron chi connectivity index (χ4n) is 3.99. The Morgan fingerprint density at radius 2 is 1.26 bits per heavy atom. The lowest BCUT2D eigenvalue weighted by molar-refractivity contribution is -0.128. The zero-order valence-electron chi connectivity index (χ0n) is 18.5. The van der Waals surface area contributed by atoms with E-state index in [1.54, 1.807) is 9.80 Å². The molecule has 1 saturated heterocycles. The molecule has 1 heterocycles. The molecule has 1 atom stereocenters. The van der Waals surface area contributed by atoms with Gasteiger partial charge in [0, 0.05) is 11.4 Å². The molecule has 4 rings (SSSR count). The predicted molar refractivity (Wildman–Crippen MR) is 125 cm³/mol. The molecule has 0 aromatic heterocycles. The van der Waals surface area contributed by atoms with Crippen molar-refractivity contribution in [1.29, 1.82) is 0 Å². The van der Waals surface area contributed by atoms with Crippen molar-refractivity contribution in [2.24, 2.45) is 0 Å². The number of piperazine rings is 1. The second kappa shape index (κ2) is 8.38. The molecule has 4 nitrogen and oxygen atoms in total. The Hall–Kier alpha value is -3.40. The molecule has 0 saturated carbocycles. The largest absolute Gasteiger partial charge is 0.301 e. The molecule has 158 valence electrons. The molecule has 0 radical (unpaired) electrons. The summed E-state index contributed by atoms with van der Waals surface area (Å²) in [5.41, 5.74) is 5.73. The molecule has 0 spiro atoms. The van der Waals surface area contributed by atoms with Crippen LogP contribution in [-0.2, 0) is 9.59 Å². The Morgan fingerprint density at radius 1 is 0.742 bits per heavy atom.